The standard InChI is InChI=1S/C37H45N5O7S.C25H39N3O7.C12H8N2OS.C4H8O/c1-5-47-34(45)37-21-23(37)14-9-7-6-8-10-17-27(40-35(46)49-36(2,3)4)33(44)42-22-24(20-28(42)31(43)41-37)48-32-30(29-18-13-19-50-29)38-25-15-11-12-16-26(25)39-32;1-5-34-22(32)25-14-16(25)11-9-7-6-8-10-12-18(26-23(33)35-24(2,3)4)21(31)28-15-17(29)13-19(28)20(30)27-25;15-12-11(10-6-3-7-16-10)13-8-4-1-2-5-9(8)14-12;1-2-4-5-3-1/h9,11-16,18-19,23-24,27-28H,5-8,10,17,20-22H2,1-4H3,(H,40,46)(H,41,43);9,11,16-19,29H,5-8,10,12-15H2,1-4H3,(H,26,33)(H,27,30);1-7H,(H,14,15);1-4H2/b14-9-;11-9-;;/t23-,24?,27+,28+,37-;16-,17+,18+,19+,25-;;/m11../s1. The molecule has 28 heteroatoms. The van der Waals surface area contributed by atoms with Gasteiger partial charge in [-0.1, -0.05) is 86.4 Å². The van der Waals surface area contributed by atoms with E-state index in [1.807, 2.05) is 108 Å². The van der Waals surface area contributed by atoms with E-state index in [0.29, 0.717) is 66.8 Å². The lowest BCUT2D eigenvalue weighted by Crippen LogP contribution is -2.56. The van der Waals surface area contributed by atoms with Crippen LogP contribution in [0.3, 0.4) is 0 Å². The summed E-state index contributed by atoms with van der Waals surface area (Å²) in [5.41, 5.74) is 0.0128. The van der Waals surface area contributed by atoms with Crippen molar-refractivity contribution in [3.05, 3.63) is 118 Å². The van der Waals surface area contributed by atoms with Gasteiger partial charge in [0.15, 0.2) is 0 Å². The van der Waals surface area contributed by atoms with Gasteiger partial charge >= 0.3 is 24.1 Å². The molecule has 9 heterocycles. The summed E-state index contributed by atoms with van der Waals surface area (Å²) in [6.45, 7) is 16.3. The van der Waals surface area contributed by atoms with E-state index in [2.05, 4.69) is 31.2 Å². The molecule has 0 radical (unpaired) electrons. The van der Waals surface area contributed by atoms with Crippen LogP contribution in [0.25, 0.3) is 43.2 Å². The Kier molecular flexibility index (Phi) is 27.0. The fourth-order valence-corrected chi connectivity index (χ4v) is 15.0. The maximum atomic E-state index is 14.4. The number of ether oxygens (including phenoxy) is 6. The average Bonchev–Trinajstić information content (AvgIpc) is 1.57. The zero-order chi connectivity index (χ0) is 75.8. The second kappa shape index (κ2) is 36.0. The van der Waals surface area contributed by atoms with Crippen molar-refractivity contribution in [2.75, 3.05) is 39.5 Å². The number of hydrogen-bond acceptors (Lipinski definition) is 21. The Hall–Kier alpha value is -9.12. The highest BCUT2D eigenvalue weighted by molar-refractivity contribution is 7.13. The lowest BCUT2D eigenvalue weighted by atomic mass is 10.0. The first kappa shape index (κ1) is 79.4. The number of nitrogens with one attached hydrogen (secondary N) is 5. The van der Waals surface area contributed by atoms with Crippen LogP contribution in [0.5, 0.6) is 5.88 Å². The first-order valence-electron chi connectivity index (χ1n) is 37.0. The Labute approximate surface area is 625 Å². The molecular weight excluding hydrogens is 1400 g/mol. The Balaban J connectivity index is 0.000000183. The number of nitrogens with zero attached hydrogens (tertiary/aromatic N) is 5. The molecular formula is C78H100N10O16S2. The number of aromatic amines is 1. The SMILES string of the molecule is C1CCOC1.CCOC(=O)[C@@]12C[C@H]1/C=C\CCCCC[C@H](NC(=O)OC(C)(C)C)C(=O)N1CC(Oc3nc4ccccc4nc3-c3cccs3)C[C@H]1C(=O)N2.CCOC(=O)[C@@]12C[C@H]1/C=C\CCCCC[C@H](NC(=O)OC(C)(C)C)C(=O)N1C[C@@H](O)C[C@H]1C(=O)N2.O=c1[nH]c2ccccc2nc1-c1cccs1. The molecule has 13 rings (SSSR count). The Morgan fingerprint density at radius 3 is 1.57 bits per heavy atom. The number of carbonyl (C=O) groups is 8. The van der Waals surface area contributed by atoms with Gasteiger partial charge in [0.25, 0.3) is 5.56 Å². The van der Waals surface area contributed by atoms with Gasteiger partial charge in [0.2, 0.25) is 29.5 Å². The van der Waals surface area contributed by atoms with Crippen molar-refractivity contribution in [1.29, 1.82) is 0 Å². The van der Waals surface area contributed by atoms with Crippen LogP contribution in [0.15, 0.2) is 113 Å². The van der Waals surface area contributed by atoms with Crippen LogP contribution in [-0.4, -0.2) is 181 Å². The molecule has 106 heavy (non-hydrogen) atoms. The summed E-state index contributed by atoms with van der Waals surface area (Å²) >= 11 is 3.02. The zero-order valence-corrected chi connectivity index (χ0v) is 63.3. The number of aliphatic hydroxyl groups excluding tert-OH is 1. The lowest BCUT2D eigenvalue weighted by Gasteiger charge is -2.30. The first-order chi connectivity index (χ1) is 50.8. The second-order valence-electron chi connectivity index (χ2n) is 29.5. The molecule has 2 aromatic carbocycles. The van der Waals surface area contributed by atoms with E-state index in [-0.39, 0.29) is 56.5 Å². The zero-order valence-electron chi connectivity index (χ0n) is 61.7. The van der Waals surface area contributed by atoms with E-state index in [9.17, 15) is 48.3 Å². The predicted molar refractivity (Wildman–Crippen MR) is 401 cm³/mol. The number of esters is 2. The van der Waals surface area contributed by atoms with Gasteiger partial charge in [-0.2, -0.15) is 0 Å². The number of fused-ring (bicyclic) bond motifs is 6. The van der Waals surface area contributed by atoms with Crippen LogP contribution in [0, 0.1) is 11.8 Å². The number of thiophene rings is 2. The molecule has 5 fully saturated rings. The molecule has 2 aliphatic carbocycles. The first-order valence-corrected chi connectivity index (χ1v) is 38.7. The molecule has 2 saturated carbocycles. The molecule has 6 N–H and O–H groups in total. The van der Waals surface area contributed by atoms with Crippen molar-refractivity contribution in [1.82, 2.24) is 51.0 Å². The summed E-state index contributed by atoms with van der Waals surface area (Å²) in [6, 6.07) is 18.9. The minimum absolute atomic E-state index is 0.0286. The Bertz CT molecular complexity index is 4160. The van der Waals surface area contributed by atoms with Crippen LogP contribution in [0.4, 0.5) is 9.59 Å². The number of allylic oxidation sites excluding steroid dienone is 2. The molecule has 6 amide bonds. The Morgan fingerprint density at radius 2 is 1.08 bits per heavy atom. The summed E-state index contributed by atoms with van der Waals surface area (Å²) in [5, 5.41) is 25.5. The quantitative estimate of drug-likeness (QED) is 0.0421. The monoisotopic (exact) mass is 1500 g/mol. The molecule has 7 aliphatic rings. The van der Waals surface area contributed by atoms with Crippen molar-refractivity contribution in [2.45, 2.75) is 217 Å². The van der Waals surface area contributed by atoms with Gasteiger partial charge in [0.1, 0.15) is 63.9 Å². The number of hydrogen-bond donors (Lipinski definition) is 6. The van der Waals surface area contributed by atoms with E-state index in [1.165, 1.54) is 45.3 Å². The van der Waals surface area contributed by atoms with Crippen LogP contribution in [-0.2, 0) is 52.5 Å². The summed E-state index contributed by atoms with van der Waals surface area (Å²) < 4.78 is 33.0. The fourth-order valence-electron chi connectivity index (χ4n) is 13.5. The topological polar surface area (TPSA) is 338 Å². The van der Waals surface area contributed by atoms with Gasteiger partial charge in [-0.15, -0.1) is 22.7 Å². The highest BCUT2D eigenvalue weighted by Crippen LogP contribution is 2.48. The largest absolute Gasteiger partial charge is 0.471 e. The van der Waals surface area contributed by atoms with Crippen LogP contribution >= 0.6 is 22.7 Å². The molecule has 5 aliphatic heterocycles. The highest BCUT2D eigenvalue weighted by atomic mass is 32.1. The van der Waals surface area contributed by atoms with E-state index in [1.54, 1.807) is 55.4 Å². The van der Waals surface area contributed by atoms with E-state index in [0.717, 1.165) is 72.5 Å². The normalized spacial score (nSPS) is 26.0. The third kappa shape index (κ3) is 20.9. The summed E-state index contributed by atoms with van der Waals surface area (Å²) in [5.74, 6) is -2.93. The smallest absolute Gasteiger partial charge is 0.408 e. The maximum absolute atomic E-state index is 14.4. The molecule has 4 aromatic heterocycles. The molecule has 26 nitrogen and oxygen atoms in total. The molecule has 0 spiro atoms. The average molecular weight is 1500 g/mol. The minimum atomic E-state index is -1.21. The third-order valence-electron chi connectivity index (χ3n) is 18.9. The maximum Gasteiger partial charge on any atom is 0.408 e. The number of amides is 6. The number of para-hydroxylation sites is 4. The van der Waals surface area contributed by atoms with Crippen LogP contribution in [0.2, 0.25) is 0 Å². The number of aromatic nitrogens is 4. The number of H-pyrrole nitrogens is 1. The van der Waals surface area contributed by atoms with Crippen molar-refractivity contribution >= 4 is 92.5 Å². The number of carbonyl (C=O) groups excluding carboxylic acids is 8. The van der Waals surface area contributed by atoms with Gasteiger partial charge in [0.05, 0.1) is 57.7 Å². The molecule has 0 bridgehead atoms. The predicted octanol–water partition coefficient (Wildman–Crippen LogP) is 10.8. The van der Waals surface area contributed by atoms with Gasteiger partial charge < -0.3 is 69.6 Å². The Morgan fingerprint density at radius 1 is 0.594 bits per heavy atom. The molecule has 10 atom stereocenters. The molecule has 6 aromatic rings. The summed E-state index contributed by atoms with van der Waals surface area (Å²) in [6.07, 6.45) is 15.8. The number of aliphatic hydroxyl groups is 1. The van der Waals surface area contributed by atoms with Crippen molar-refractivity contribution in [3.8, 4) is 27.0 Å². The number of alkyl carbamates (subject to hydrolysis) is 2. The van der Waals surface area contributed by atoms with Gasteiger partial charge in [-0.05, 0) is 167 Å². The second-order valence-corrected chi connectivity index (χ2v) is 31.4. The van der Waals surface area contributed by atoms with E-state index in [4.69, 9.17) is 38.4 Å². The van der Waals surface area contributed by atoms with E-state index < -0.39 is 106 Å². The van der Waals surface area contributed by atoms with E-state index >= 15 is 0 Å². The lowest BCUT2D eigenvalue weighted by molar-refractivity contribution is -0.150. The van der Waals surface area contributed by atoms with Gasteiger partial charge in [0, 0.05) is 44.4 Å². The molecule has 570 valence electrons. The van der Waals surface area contributed by atoms with Crippen molar-refractivity contribution in [3.63, 3.8) is 0 Å². The molecule has 1 unspecified atom stereocenters. The van der Waals surface area contributed by atoms with Crippen LogP contribution < -0.4 is 31.6 Å². The highest BCUT2D eigenvalue weighted by Gasteiger charge is 2.63. The third-order valence-corrected chi connectivity index (χ3v) is 20.7. The number of benzene rings is 2. The number of rotatable bonds is 10. The van der Waals surface area contributed by atoms with Crippen molar-refractivity contribution in [2.24, 2.45) is 11.8 Å². The minimum Gasteiger partial charge on any atom is -0.471 e. The summed E-state index contributed by atoms with van der Waals surface area (Å²) in [7, 11) is 0. The summed E-state index contributed by atoms with van der Waals surface area (Å²) in [4.78, 5) is 140. The van der Waals surface area contributed by atoms with Gasteiger partial charge in [-0.25, -0.2) is 34.1 Å². The van der Waals surface area contributed by atoms with Gasteiger partial charge in [-0.3, -0.25) is 24.0 Å². The molecule has 3 saturated heterocycles. The fraction of sp³-hybridized carbons (Fsp3) is 0.538. The van der Waals surface area contributed by atoms with Crippen molar-refractivity contribution < 1.29 is 71.9 Å². The van der Waals surface area contributed by atoms with Crippen LogP contribution in [0.1, 0.15) is 158 Å².